The lowest BCUT2D eigenvalue weighted by atomic mass is 10.1. The average Bonchev–Trinajstić information content (AvgIpc) is 3.09. The van der Waals surface area contributed by atoms with E-state index in [-0.39, 0.29) is 35.9 Å². The van der Waals surface area contributed by atoms with Crippen LogP contribution in [0.1, 0.15) is 30.5 Å². The fraction of sp³-hybridized carbons (Fsp3) is 0.400. The smallest absolute Gasteiger partial charge is 0.267 e. The van der Waals surface area contributed by atoms with Crippen LogP contribution in [0.4, 0.5) is 5.69 Å². The molecule has 27 heavy (non-hydrogen) atoms. The number of nitrogens with one attached hydrogen (secondary N) is 2. The second-order valence-corrected chi connectivity index (χ2v) is 7.04. The van der Waals surface area contributed by atoms with Crippen molar-refractivity contribution in [3.63, 3.8) is 0 Å². The summed E-state index contributed by atoms with van der Waals surface area (Å²) in [6, 6.07) is 10.8. The Labute approximate surface area is 157 Å². The van der Waals surface area contributed by atoms with Crippen molar-refractivity contribution in [1.82, 2.24) is 15.1 Å². The minimum Gasteiger partial charge on any atom is -0.352 e. The van der Waals surface area contributed by atoms with E-state index in [4.69, 9.17) is 0 Å². The Morgan fingerprint density at radius 3 is 2.67 bits per heavy atom. The molecule has 2 atom stereocenters. The first-order valence-corrected chi connectivity index (χ1v) is 9.13. The molecule has 1 aliphatic carbocycles. The molecule has 3 rings (SSSR count). The van der Waals surface area contributed by atoms with Gasteiger partial charge in [0.2, 0.25) is 11.8 Å². The Bertz CT molecular complexity index is 892. The van der Waals surface area contributed by atoms with E-state index in [1.807, 2.05) is 37.3 Å². The molecule has 1 aromatic heterocycles. The number of hydrogen-bond acceptors (Lipinski definition) is 4. The van der Waals surface area contributed by atoms with Gasteiger partial charge in [-0.2, -0.15) is 5.10 Å². The van der Waals surface area contributed by atoms with Crippen LogP contribution < -0.4 is 16.2 Å². The van der Waals surface area contributed by atoms with Gasteiger partial charge in [-0.25, -0.2) is 4.68 Å². The maximum atomic E-state index is 12.4. The molecule has 1 heterocycles. The molecule has 0 radical (unpaired) electrons. The molecule has 2 N–H and O–H groups in total. The first-order valence-electron chi connectivity index (χ1n) is 9.13. The van der Waals surface area contributed by atoms with Crippen molar-refractivity contribution in [2.45, 2.75) is 45.7 Å². The quantitative estimate of drug-likeness (QED) is 0.841. The number of rotatable bonds is 5. The van der Waals surface area contributed by atoms with Crippen LogP contribution in [0.2, 0.25) is 0 Å². The van der Waals surface area contributed by atoms with Gasteiger partial charge in [0.15, 0.2) is 0 Å². The summed E-state index contributed by atoms with van der Waals surface area (Å²) in [7, 11) is 0. The predicted molar refractivity (Wildman–Crippen MR) is 102 cm³/mol. The highest BCUT2D eigenvalue weighted by molar-refractivity contribution is 5.92. The van der Waals surface area contributed by atoms with Gasteiger partial charge in [-0.3, -0.25) is 14.4 Å². The molecule has 142 valence electrons. The molecule has 1 aromatic carbocycles. The number of para-hydroxylation sites is 1. The van der Waals surface area contributed by atoms with E-state index in [2.05, 4.69) is 15.7 Å². The van der Waals surface area contributed by atoms with Gasteiger partial charge < -0.3 is 10.6 Å². The Morgan fingerprint density at radius 1 is 1.19 bits per heavy atom. The van der Waals surface area contributed by atoms with Gasteiger partial charge in [-0.05, 0) is 50.8 Å². The van der Waals surface area contributed by atoms with Crippen molar-refractivity contribution in [3.05, 3.63) is 58.0 Å². The summed E-state index contributed by atoms with van der Waals surface area (Å²) in [6.07, 6.45) is 2.07. The van der Waals surface area contributed by atoms with Crippen molar-refractivity contribution < 1.29 is 9.59 Å². The fourth-order valence-corrected chi connectivity index (χ4v) is 3.31. The summed E-state index contributed by atoms with van der Waals surface area (Å²) in [4.78, 5) is 36.6. The predicted octanol–water partition coefficient (Wildman–Crippen LogP) is 1.78. The molecule has 1 aliphatic rings. The lowest BCUT2D eigenvalue weighted by molar-refractivity contribution is -0.123. The highest BCUT2D eigenvalue weighted by Crippen LogP contribution is 2.26. The first kappa shape index (κ1) is 18.8. The molecule has 2 aromatic rings. The summed E-state index contributed by atoms with van der Waals surface area (Å²) in [6.45, 7) is 3.50. The van der Waals surface area contributed by atoms with Crippen LogP contribution in [0.5, 0.6) is 0 Å². The van der Waals surface area contributed by atoms with Crippen LogP contribution in [0, 0.1) is 19.8 Å². The molecule has 7 nitrogen and oxygen atoms in total. The standard InChI is InChI=1S/C20H24N4O3/c1-13-10-19(26)24(23-14(13)2)12-18(25)21-17-9-8-15(11-17)20(27)22-16-6-4-3-5-7-16/h3-7,10,15,17H,8-9,11-12H2,1-2H3,(H,21,25)(H,22,27)/t15-,17+/m1/s1. The van der Waals surface area contributed by atoms with E-state index in [1.165, 1.54) is 10.7 Å². The normalized spacial score (nSPS) is 18.9. The highest BCUT2D eigenvalue weighted by atomic mass is 16.2. The number of amides is 2. The molecule has 0 aliphatic heterocycles. The first-order chi connectivity index (χ1) is 12.9. The second kappa shape index (κ2) is 8.16. The second-order valence-electron chi connectivity index (χ2n) is 7.04. The fourth-order valence-electron chi connectivity index (χ4n) is 3.31. The van der Waals surface area contributed by atoms with E-state index in [1.54, 1.807) is 6.92 Å². The van der Waals surface area contributed by atoms with Gasteiger partial charge in [0.05, 0.1) is 5.69 Å². The lowest BCUT2D eigenvalue weighted by Gasteiger charge is -2.14. The Hall–Kier alpha value is -2.96. The molecule has 1 saturated carbocycles. The summed E-state index contributed by atoms with van der Waals surface area (Å²) in [5.74, 6) is -0.412. The van der Waals surface area contributed by atoms with Gasteiger partial charge in [-0.15, -0.1) is 0 Å². The Balaban J connectivity index is 1.52. The zero-order valence-electron chi connectivity index (χ0n) is 15.6. The van der Waals surface area contributed by atoms with E-state index in [0.717, 1.165) is 29.8 Å². The van der Waals surface area contributed by atoms with Crippen LogP contribution in [0.25, 0.3) is 0 Å². The Kier molecular flexibility index (Phi) is 5.69. The maximum absolute atomic E-state index is 12.4. The minimum absolute atomic E-state index is 0.0232. The number of nitrogens with zero attached hydrogens (tertiary/aromatic N) is 2. The third kappa shape index (κ3) is 4.81. The van der Waals surface area contributed by atoms with Gasteiger partial charge in [-0.1, -0.05) is 18.2 Å². The van der Waals surface area contributed by atoms with Crippen molar-refractivity contribution >= 4 is 17.5 Å². The maximum Gasteiger partial charge on any atom is 0.267 e. The summed E-state index contributed by atoms with van der Waals surface area (Å²) < 4.78 is 1.17. The number of carbonyl (C=O) groups is 2. The topological polar surface area (TPSA) is 93.1 Å². The zero-order valence-corrected chi connectivity index (χ0v) is 15.6. The summed E-state index contributed by atoms with van der Waals surface area (Å²) >= 11 is 0. The van der Waals surface area contributed by atoms with Gasteiger partial charge in [0.1, 0.15) is 6.54 Å². The van der Waals surface area contributed by atoms with Crippen molar-refractivity contribution in [2.24, 2.45) is 5.92 Å². The molecule has 7 heteroatoms. The van der Waals surface area contributed by atoms with Crippen LogP contribution in [-0.4, -0.2) is 27.6 Å². The summed E-state index contributed by atoms with van der Waals surface area (Å²) in [5.41, 5.74) is 2.01. The van der Waals surface area contributed by atoms with Crippen molar-refractivity contribution in [1.29, 1.82) is 0 Å². The number of anilines is 1. The Morgan fingerprint density at radius 2 is 1.93 bits per heavy atom. The van der Waals surface area contributed by atoms with Crippen molar-refractivity contribution in [3.8, 4) is 0 Å². The lowest BCUT2D eigenvalue weighted by Crippen LogP contribution is -2.39. The molecule has 2 amide bonds. The van der Waals surface area contributed by atoms with Crippen LogP contribution >= 0.6 is 0 Å². The van der Waals surface area contributed by atoms with Crippen LogP contribution in [0.3, 0.4) is 0 Å². The molecular weight excluding hydrogens is 344 g/mol. The minimum atomic E-state index is -0.292. The van der Waals surface area contributed by atoms with E-state index in [0.29, 0.717) is 6.42 Å². The van der Waals surface area contributed by atoms with E-state index >= 15 is 0 Å². The van der Waals surface area contributed by atoms with Gasteiger partial charge >= 0.3 is 0 Å². The van der Waals surface area contributed by atoms with E-state index < -0.39 is 0 Å². The molecule has 0 bridgehead atoms. The number of hydrogen-bond donors (Lipinski definition) is 2. The number of aromatic nitrogens is 2. The van der Waals surface area contributed by atoms with Crippen LogP contribution in [0.15, 0.2) is 41.2 Å². The molecule has 1 fully saturated rings. The van der Waals surface area contributed by atoms with Crippen molar-refractivity contribution in [2.75, 3.05) is 5.32 Å². The molecular formula is C20H24N4O3. The monoisotopic (exact) mass is 368 g/mol. The third-order valence-electron chi connectivity index (χ3n) is 4.94. The molecule has 0 spiro atoms. The molecule has 0 unspecified atom stereocenters. The number of aryl methyl sites for hydroxylation is 2. The van der Waals surface area contributed by atoms with Gasteiger partial charge in [0, 0.05) is 23.7 Å². The third-order valence-corrected chi connectivity index (χ3v) is 4.94. The van der Waals surface area contributed by atoms with E-state index in [9.17, 15) is 14.4 Å². The zero-order chi connectivity index (χ0) is 19.4. The molecule has 0 saturated heterocycles. The SMILES string of the molecule is Cc1cc(=O)n(CC(=O)N[C@H]2CC[C@@H](C(=O)Nc3ccccc3)C2)nc1C. The highest BCUT2D eigenvalue weighted by Gasteiger charge is 2.30. The summed E-state index contributed by atoms with van der Waals surface area (Å²) in [5, 5.41) is 9.98. The van der Waals surface area contributed by atoms with Gasteiger partial charge in [0.25, 0.3) is 5.56 Å². The largest absolute Gasteiger partial charge is 0.352 e. The number of benzene rings is 1. The number of carbonyl (C=O) groups excluding carboxylic acids is 2. The van der Waals surface area contributed by atoms with Crippen LogP contribution in [-0.2, 0) is 16.1 Å². The average molecular weight is 368 g/mol.